The highest BCUT2D eigenvalue weighted by Gasteiger charge is 2.12. The van der Waals surface area contributed by atoms with Crippen LogP contribution in [0, 0.1) is 6.92 Å². The van der Waals surface area contributed by atoms with Gasteiger partial charge in [0.05, 0.1) is 5.69 Å². The fourth-order valence-corrected chi connectivity index (χ4v) is 2.81. The van der Waals surface area contributed by atoms with E-state index in [-0.39, 0.29) is 0 Å². The molecule has 0 saturated carbocycles. The third-order valence-electron chi connectivity index (χ3n) is 3.72. The van der Waals surface area contributed by atoms with Gasteiger partial charge >= 0.3 is 0 Å². The van der Waals surface area contributed by atoms with Gasteiger partial charge in [0.1, 0.15) is 12.4 Å². The Bertz CT molecular complexity index is 741. The summed E-state index contributed by atoms with van der Waals surface area (Å²) in [5.41, 5.74) is 3.79. The quantitative estimate of drug-likeness (QED) is 0.647. The minimum Gasteiger partial charge on any atom is -0.487 e. The molecule has 0 unspecified atom stereocenters. The first-order valence-electron chi connectivity index (χ1n) is 7.43. The Labute approximate surface area is 126 Å². The lowest BCUT2D eigenvalue weighted by Gasteiger charge is -2.15. The molecule has 0 amide bonds. The van der Waals surface area contributed by atoms with Crippen LogP contribution in [0.25, 0.3) is 10.9 Å². The summed E-state index contributed by atoms with van der Waals surface area (Å²) in [6, 6.07) is 19.2. The Balaban J connectivity index is 1.95. The number of nitrogens with zero attached hydrogens (tertiary/aromatic N) is 1. The van der Waals surface area contributed by atoms with Gasteiger partial charge in [-0.2, -0.15) is 0 Å². The molecule has 0 aliphatic carbocycles. The molecule has 0 atom stereocenters. The van der Waals surface area contributed by atoms with E-state index in [4.69, 9.17) is 4.74 Å². The van der Waals surface area contributed by atoms with Crippen molar-refractivity contribution in [2.24, 2.45) is 0 Å². The van der Waals surface area contributed by atoms with Crippen LogP contribution >= 0.6 is 0 Å². The minimum atomic E-state index is 0.416. The number of hydrogen-bond acceptors (Lipinski definition) is 1. The second kappa shape index (κ2) is 5.65. The van der Waals surface area contributed by atoms with Gasteiger partial charge in [-0.15, -0.1) is 0 Å². The number of rotatable bonds is 4. The topological polar surface area (TPSA) is 14.2 Å². The van der Waals surface area contributed by atoms with Crippen molar-refractivity contribution in [2.75, 3.05) is 0 Å². The molecule has 0 fully saturated rings. The lowest BCUT2D eigenvalue weighted by Crippen LogP contribution is -2.08. The first kappa shape index (κ1) is 13.7. The van der Waals surface area contributed by atoms with Crippen molar-refractivity contribution in [1.29, 1.82) is 0 Å². The highest BCUT2D eigenvalue weighted by molar-refractivity contribution is 5.82. The average Bonchev–Trinajstić information content (AvgIpc) is 2.83. The molecule has 0 radical (unpaired) electrons. The van der Waals surface area contributed by atoms with Crippen LogP contribution in [0.5, 0.6) is 5.75 Å². The first-order valence-corrected chi connectivity index (χ1v) is 7.43. The summed E-state index contributed by atoms with van der Waals surface area (Å²) in [5, 5.41) is 1.29. The predicted molar refractivity (Wildman–Crippen MR) is 87.8 cm³/mol. The van der Waals surface area contributed by atoms with Crippen molar-refractivity contribution < 1.29 is 4.74 Å². The van der Waals surface area contributed by atoms with Crippen LogP contribution in [0.15, 0.2) is 54.6 Å². The maximum Gasteiger partial charge on any atom is 0.128 e. The van der Waals surface area contributed by atoms with Crippen LogP contribution in [0.1, 0.15) is 31.1 Å². The monoisotopic (exact) mass is 279 g/mol. The third-order valence-corrected chi connectivity index (χ3v) is 3.72. The number of ether oxygens (including phenoxy) is 1. The number of hydrogen-bond donors (Lipinski definition) is 0. The van der Waals surface area contributed by atoms with E-state index >= 15 is 0 Å². The van der Waals surface area contributed by atoms with Crippen LogP contribution in [0.3, 0.4) is 0 Å². The van der Waals surface area contributed by atoms with Gasteiger partial charge in [0.2, 0.25) is 0 Å². The van der Waals surface area contributed by atoms with Crippen LogP contribution in [0.4, 0.5) is 0 Å². The zero-order chi connectivity index (χ0) is 14.8. The molecule has 3 rings (SSSR count). The van der Waals surface area contributed by atoms with Crippen LogP contribution in [-0.4, -0.2) is 4.57 Å². The standard InChI is InChI=1S/C19H21NO/c1-14(2)20-17(13-21-18-7-5-4-6-8-18)12-16-11-15(3)9-10-19(16)20/h4-12,14H,13H2,1-3H3. The SMILES string of the molecule is Cc1ccc2c(c1)cc(COc1ccccc1)n2C(C)C. The summed E-state index contributed by atoms with van der Waals surface area (Å²) in [7, 11) is 0. The first-order chi connectivity index (χ1) is 10.1. The summed E-state index contributed by atoms with van der Waals surface area (Å²) >= 11 is 0. The van der Waals surface area contributed by atoms with E-state index in [1.165, 1.54) is 22.2 Å². The Morgan fingerprint density at radius 1 is 1.00 bits per heavy atom. The van der Waals surface area contributed by atoms with Crippen molar-refractivity contribution in [3.05, 3.63) is 65.9 Å². The molecular weight excluding hydrogens is 258 g/mol. The van der Waals surface area contributed by atoms with Crippen molar-refractivity contribution >= 4 is 10.9 Å². The van der Waals surface area contributed by atoms with E-state index in [0.717, 1.165) is 5.75 Å². The molecule has 2 aromatic carbocycles. The molecule has 21 heavy (non-hydrogen) atoms. The highest BCUT2D eigenvalue weighted by Crippen LogP contribution is 2.26. The van der Waals surface area contributed by atoms with Crippen molar-refractivity contribution in [3.63, 3.8) is 0 Å². The molecule has 0 spiro atoms. The number of fused-ring (bicyclic) bond motifs is 1. The highest BCUT2D eigenvalue weighted by atomic mass is 16.5. The Kier molecular flexibility index (Phi) is 3.70. The normalized spacial score (nSPS) is 11.2. The third kappa shape index (κ3) is 2.80. The summed E-state index contributed by atoms with van der Waals surface area (Å²) in [5.74, 6) is 0.911. The van der Waals surface area contributed by atoms with Gasteiger partial charge in [0, 0.05) is 16.9 Å². The molecule has 0 aliphatic rings. The van der Waals surface area contributed by atoms with E-state index < -0.39 is 0 Å². The van der Waals surface area contributed by atoms with Crippen LogP contribution in [-0.2, 0) is 6.61 Å². The van der Waals surface area contributed by atoms with Gasteiger partial charge in [0.25, 0.3) is 0 Å². The van der Waals surface area contributed by atoms with Crippen molar-refractivity contribution in [3.8, 4) is 5.75 Å². The Hall–Kier alpha value is -2.22. The molecule has 3 aromatic rings. The van der Waals surface area contributed by atoms with Crippen LogP contribution in [0.2, 0.25) is 0 Å². The molecule has 1 heterocycles. The van der Waals surface area contributed by atoms with Crippen molar-refractivity contribution in [2.45, 2.75) is 33.4 Å². The number of benzene rings is 2. The lowest BCUT2D eigenvalue weighted by molar-refractivity contribution is 0.293. The van der Waals surface area contributed by atoms with Gasteiger partial charge in [-0.3, -0.25) is 0 Å². The maximum absolute atomic E-state index is 5.92. The molecule has 0 N–H and O–H groups in total. The summed E-state index contributed by atoms with van der Waals surface area (Å²) in [6.07, 6.45) is 0. The molecule has 2 nitrogen and oxygen atoms in total. The predicted octanol–water partition coefficient (Wildman–Crippen LogP) is 5.11. The number of aryl methyl sites for hydroxylation is 1. The molecule has 0 saturated heterocycles. The molecule has 1 aromatic heterocycles. The lowest BCUT2D eigenvalue weighted by atomic mass is 10.2. The van der Waals surface area contributed by atoms with E-state index in [0.29, 0.717) is 12.6 Å². The summed E-state index contributed by atoms with van der Waals surface area (Å²) in [6.45, 7) is 7.15. The Morgan fingerprint density at radius 2 is 1.76 bits per heavy atom. The second-order valence-corrected chi connectivity index (χ2v) is 5.76. The average molecular weight is 279 g/mol. The van der Waals surface area contributed by atoms with Gasteiger partial charge in [0.15, 0.2) is 0 Å². The van der Waals surface area contributed by atoms with E-state index in [1.54, 1.807) is 0 Å². The largest absolute Gasteiger partial charge is 0.487 e. The zero-order valence-corrected chi connectivity index (χ0v) is 12.8. The fraction of sp³-hybridized carbons (Fsp3) is 0.263. The van der Waals surface area contributed by atoms with E-state index in [9.17, 15) is 0 Å². The van der Waals surface area contributed by atoms with Gasteiger partial charge in [-0.1, -0.05) is 29.8 Å². The number of aromatic nitrogens is 1. The zero-order valence-electron chi connectivity index (χ0n) is 12.8. The molecule has 0 aliphatic heterocycles. The summed E-state index contributed by atoms with van der Waals surface area (Å²) < 4.78 is 8.28. The maximum atomic E-state index is 5.92. The smallest absolute Gasteiger partial charge is 0.128 e. The molecule has 2 heteroatoms. The van der Waals surface area contributed by atoms with Crippen LogP contribution < -0.4 is 4.74 Å². The number of para-hydroxylation sites is 1. The summed E-state index contributed by atoms with van der Waals surface area (Å²) in [4.78, 5) is 0. The van der Waals surface area contributed by atoms with Gasteiger partial charge in [-0.25, -0.2) is 0 Å². The van der Waals surface area contributed by atoms with Gasteiger partial charge < -0.3 is 9.30 Å². The van der Waals surface area contributed by atoms with Crippen molar-refractivity contribution in [1.82, 2.24) is 4.57 Å². The Morgan fingerprint density at radius 3 is 2.48 bits per heavy atom. The minimum absolute atomic E-state index is 0.416. The fourth-order valence-electron chi connectivity index (χ4n) is 2.81. The second-order valence-electron chi connectivity index (χ2n) is 5.76. The molecule has 0 bridgehead atoms. The van der Waals surface area contributed by atoms with E-state index in [2.05, 4.69) is 49.6 Å². The molecule has 108 valence electrons. The van der Waals surface area contributed by atoms with E-state index in [1.807, 2.05) is 30.3 Å². The molecular formula is C19H21NO. The van der Waals surface area contributed by atoms with Gasteiger partial charge in [-0.05, 0) is 51.1 Å².